The van der Waals surface area contributed by atoms with Crippen LogP contribution in [0.15, 0.2) is 78.9 Å². The average Bonchev–Trinajstić information content (AvgIpc) is 3.01. The number of hydrogen-bond donors (Lipinski definition) is 2. The highest BCUT2D eigenvalue weighted by Gasteiger charge is 2.14. The van der Waals surface area contributed by atoms with Gasteiger partial charge in [0.05, 0.1) is 12.6 Å². The number of rotatable bonds is 6. The maximum absolute atomic E-state index is 10.7. The van der Waals surface area contributed by atoms with Gasteiger partial charge in [-0.15, -0.1) is 0 Å². The lowest BCUT2D eigenvalue weighted by atomic mass is 10.1. The minimum atomic E-state index is -0.458. The quantitative estimate of drug-likeness (QED) is 0.540. The van der Waals surface area contributed by atoms with Gasteiger partial charge in [-0.1, -0.05) is 66.7 Å². The van der Waals surface area contributed by atoms with Crippen LogP contribution in [0.4, 0.5) is 0 Å². The molecule has 1 heterocycles. The smallest absolute Gasteiger partial charge is 0.0843 e. The summed E-state index contributed by atoms with van der Waals surface area (Å²) in [7, 11) is 0. The summed E-state index contributed by atoms with van der Waals surface area (Å²) in [5.74, 6) is 0. The third kappa shape index (κ3) is 3.24. The first-order chi connectivity index (χ1) is 12.7. The molecule has 0 radical (unpaired) electrons. The van der Waals surface area contributed by atoms with E-state index in [0.717, 1.165) is 0 Å². The molecule has 132 valence electrons. The molecular weight excluding hydrogens is 320 g/mol. The number of benzene rings is 3. The van der Waals surface area contributed by atoms with Gasteiger partial charge >= 0.3 is 0 Å². The highest BCUT2D eigenvalue weighted by Crippen LogP contribution is 2.28. The van der Waals surface area contributed by atoms with Crippen LogP contribution in [-0.4, -0.2) is 22.3 Å². The second-order valence-electron chi connectivity index (χ2n) is 6.84. The maximum Gasteiger partial charge on any atom is 0.0843 e. The Morgan fingerprint density at radius 2 is 1.35 bits per heavy atom. The molecular formula is C23H24N2O. The zero-order chi connectivity index (χ0) is 17.9. The molecule has 26 heavy (non-hydrogen) atoms. The number of nitrogens with zero attached hydrogens (tertiary/aromatic N) is 1. The van der Waals surface area contributed by atoms with E-state index in [0.29, 0.717) is 13.1 Å². The SMILES string of the molecule is C[C@H](NC[C@H](O)Cn1c2ccccc2c2ccccc21)c1ccccc1. The van der Waals surface area contributed by atoms with Gasteiger partial charge in [-0.3, -0.25) is 0 Å². The fraction of sp³-hybridized carbons (Fsp3) is 0.217. The molecule has 2 N–H and O–H groups in total. The molecule has 1 aromatic heterocycles. The summed E-state index contributed by atoms with van der Waals surface area (Å²) in [4.78, 5) is 0. The summed E-state index contributed by atoms with van der Waals surface area (Å²) in [5, 5.41) is 16.6. The van der Waals surface area contributed by atoms with Gasteiger partial charge in [0.1, 0.15) is 0 Å². The molecule has 0 aliphatic carbocycles. The van der Waals surface area contributed by atoms with Crippen molar-refractivity contribution in [3.63, 3.8) is 0 Å². The maximum atomic E-state index is 10.7. The molecule has 0 aliphatic rings. The highest BCUT2D eigenvalue weighted by atomic mass is 16.3. The number of aromatic nitrogens is 1. The monoisotopic (exact) mass is 344 g/mol. The number of aliphatic hydroxyl groups is 1. The zero-order valence-corrected chi connectivity index (χ0v) is 15.0. The van der Waals surface area contributed by atoms with E-state index in [2.05, 4.69) is 77.5 Å². The van der Waals surface area contributed by atoms with Crippen LogP contribution in [0.25, 0.3) is 21.8 Å². The minimum Gasteiger partial charge on any atom is -0.390 e. The lowest BCUT2D eigenvalue weighted by Gasteiger charge is -2.19. The second-order valence-corrected chi connectivity index (χ2v) is 6.84. The Morgan fingerprint density at radius 3 is 1.96 bits per heavy atom. The molecule has 0 amide bonds. The molecule has 0 bridgehead atoms. The first-order valence-corrected chi connectivity index (χ1v) is 9.16. The first kappa shape index (κ1) is 16.8. The number of aliphatic hydroxyl groups excluding tert-OH is 1. The highest BCUT2D eigenvalue weighted by molar-refractivity contribution is 6.07. The topological polar surface area (TPSA) is 37.2 Å². The largest absolute Gasteiger partial charge is 0.390 e. The van der Waals surface area contributed by atoms with Gasteiger partial charge in [0, 0.05) is 34.4 Å². The molecule has 3 nitrogen and oxygen atoms in total. The van der Waals surface area contributed by atoms with Crippen molar-refractivity contribution >= 4 is 21.8 Å². The summed E-state index contributed by atoms with van der Waals surface area (Å²) in [5.41, 5.74) is 3.57. The van der Waals surface area contributed by atoms with E-state index in [1.54, 1.807) is 0 Å². The molecule has 4 aromatic rings. The van der Waals surface area contributed by atoms with Crippen LogP contribution in [-0.2, 0) is 6.54 Å². The molecule has 3 aromatic carbocycles. The van der Waals surface area contributed by atoms with Crippen molar-refractivity contribution in [3.8, 4) is 0 Å². The number of fused-ring (bicyclic) bond motifs is 3. The fourth-order valence-corrected chi connectivity index (χ4v) is 3.65. The molecule has 0 aliphatic heterocycles. The van der Waals surface area contributed by atoms with Crippen LogP contribution >= 0.6 is 0 Å². The van der Waals surface area contributed by atoms with Crippen LogP contribution in [0, 0.1) is 0 Å². The third-order valence-corrected chi connectivity index (χ3v) is 5.03. The lowest BCUT2D eigenvalue weighted by molar-refractivity contribution is 0.151. The van der Waals surface area contributed by atoms with Crippen LogP contribution in [0.3, 0.4) is 0 Å². The number of para-hydroxylation sites is 2. The van der Waals surface area contributed by atoms with Gasteiger partial charge in [-0.2, -0.15) is 0 Å². The van der Waals surface area contributed by atoms with E-state index in [-0.39, 0.29) is 6.04 Å². The average molecular weight is 344 g/mol. The number of hydrogen-bond acceptors (Lipinski definition) is 2. The van der Waals surface area contributed by atoms with Crippen molar-refractivity contribution in [3.05, 3.63) is 84.4 Å². The van der Waals surface area contributed by atoms with Gasteiger partial charge in [0.2, 0.25) is 0 Å². The summed E-state index contributed by atoms with van der Waals surface area (Å²) in [6, 6.07) is 27.3. The van der Waals surface area contributed by atoms with Gasteiger partial charge in [0.25, 0.3) is 0 Å². The van der Waals surface area contributed by atoms with Crippen LogP contribution in [0.2, 0.25) is 0 Å². The van der Waals surface area contributed by atoms with E-state index in [9.17, 15) is 5.11 Å². The predicted octanol–water partition coefficient (Wildman–Crippen LogP) is 4.51. The Morgan fingerprint density at radius 1 is 0.808 bits per heavy atom. The molecule has 4 rings (SSSR count). The van der Waals surface area contributed by atoms with Crippen LogP contribution in [0.1, 0.15) is 18.5 Å². The van der Waals surface area contributed by atoms with E-state index in [1.807, 2.05) is 18.2 Å². The minimum absolute atomic E-state index is 0.212. The standard InChI is InChI=1S/C23H24N2O/c1-17(18-9-3-2-4-10-18)24-15-19(26)16-25-22-13-7-5-11-20(22)21-12-6-8-14-23(21)25/h2-14,17,19,24,26H,15-16H2,1H3/t17-,19-/m0/s1. The number of nitrogens with one attached hydrogen (secondary N) is 1. The first-order valence-electron chi connectivity index (χ1n) is 9.16. The van der Waals surface area contributed by atoms with Crippen molar-refractivity contribution in [2.45, 2.75) is 25.6 Å². The van der Waals surface area contributed by atoms with E-state index < -0.39 is 6.10 Å². The molecule has 0 spiro atoms. The predicted molar refractivity (Wildman–Crippen MR) is 108 cm³/mol. The van der Waals surface area contributed by atoms with Gasteiger partial charge < -0.3 is 15.0 Å². The normalized spacial score (nSPS) is 13.9. The summed E-state index contributed by atoms with van der Waals surface area (Å²) >= 11 is 0. The molecule has 0 fully saturated rings. The second kappa shape index (κ2) is 7.32. The van der Waals surface area contributed by atoms with Crippen molar-refractivity contribution in [2.75, 3.05) is 6.54 Å². The molecule has 0 saturated carbocycles. The third-order valence-electron chi connectivity index (χ3n) is 5.03. The molecule has 3 heteroatoms. The summed E-state index contributed by atoms with van der Waals surface area (Å²) in [6.45, 7) is 3.25. The van der Waals surface area contributed by atoms with Crippen molar-refractivity contribution in [1.82, 2.24) is 9.88 Å². The zero-order valence-electron chi connectivity index (χ0n) is 15.0. The fourth-order valence-electron chi connectivity index (χ4n) is 3.65. The van der Waals surface area contributed by atoms with Crippen molar-refractivity contribution in [1.29, 1.82) is 0 Å². The van der Waals surface area contributed by atoms with Gasteiger partial charge in [-0.25, -0.2) is 0 Å². The summed E-state index contributed by atoms with van der Waals surface area (Å²) < 4.78 is 2.23. The van der Waals surface area contributed by atoms with Crippen LogP contribution < -0.4 is 5.32 Å². The molecule has 0 unspecified atom stereocenters. The Balaban J connectivity index is 1.53. The Bertz CT molecular complexity index is 953. The molecule has 0 saturated heterocycles. The van der Waals surface area contributed by atoms with E-state index >= 15 is 0 Å². The van der Waals surface area contributed by atoms with Crippen LogP contribution in [0.5, 0.6) is 0 Å². The molecule has 2 atom stereocenters. The van der Waals surface area contributed by atoms with E-state index in [4.69, 9.17) is 0 Å². The van der Waals surface area contributed by atoms with E-state index in [1.165, 1.54) is 27.4 Å². The van der Waals surface area contributed by atoms with Crippen molar-refractivity contribution < 1.29 is 5.11 Å². The Labute approximate surface area is 153 Å². The Kier molecular flexibility index (Phi) is 4.74. The van der Waals surface area contributed by atoms with Gasteiger partial charge in [-0.05, 0) is 24.6 Å². The summed E-state index contributed by atoms with van der Waals surface area (Å²) in [6.07, 6.45) is -0.458. The van der Waals surface area contributed by atoms with Gasteiger partial charge in [0.15, 0.2) is 0 Å². The Hall–Kier alpha value is -2.62. The lowest BCUT2D eigenvalue weighted by Crippen LogP contribution is -2.32. The van der Waals surface area contributed by atoms with Crippen molar-refractivity contribution in [2.24, 2.45) is 0 Å².